The van der Waals surface area contributed by atoms with E-state index >= 15 is 0 Å². The molecule has 0 aliphatic rings. The third-order valence-electron chi connectivity index (χ3n) is 2.37. The van der Waals surface area contributed by atoms with Gasteiger partial charge >= 0.3 is 0 Å². The van der Waals surface area contributed by atoms with Gasteiger partial charge in [-0.15, -0.1) is 0 Å². The Balaban J connectivity index is 2.75. The third-order valence-corrected chi connectivity index (χ3v) is 2.37. The number of aromatic nitrogens is 1. The van der Waals surface area contributed by atoms with Crippen LogP contribution >= 0.6 is 0 Å². The van der Waals surface area contributed by atoms with E-state index in [1.54, 1.807) is 0 Å². The lowest BCUT2D eigenvalue weighted by molar-refractivity contribution is 0.593. The smallest absolute Gasteiger partial charge is 0.0487 e. The highest BCUT2D eigenvalue weighted by molar-refractivity contribution is 5.57. The summed E-state index contributed by atoms with van der Waals surface area (Å²) in [5.74, 6) is 0. The molecule has 2 aromatic rings. The zero-order valence-corrected chi connectivity index (χ0v) is 8.41. The van der Waals surface area contributed by atoms with Crippen LogP contribution in [-0.2, 0) is 5.41 Å². The Hall–Kier alpha value is -1.24. The summed E-state index contributed by atoms with van der Waals surface area (Å²) in [5.41, 5.74) is 2.94. The summed E-state index contributed by atoms with van der Waals surface area (Å²) >= 11 is 0. The van der Waals surface area contributed by atoms with Crippen LogP contribution in [0.3, 0.4) is 0 Å². The van der Waals surface area contributed by atoms with Crippen LogP contribution in [-0.4, -0.2) is 4.40 Å². The highest BCUT2D eigenvalue weighted by Gasteiger charge is 2.16. The molecule has 0 fully saturated rings. The fourth-order valence-electron chi connectivity index (χ4n) is 1.70. The van der Waals surface area contributed by atoms with Crippen molar-refractivity contribution in [2.75, 3.05) is 0 Å². The highest BCUT2D eigenvalue weighted by atomic mass is 14.8. The predicted molar refractivity (Wildman–Crippen MR) is 56.1 cm³/mol. The summed E-state index contributed by atoms with van der Waals surface area (Å²) in [6, 6.07) is 8.56. The molecule has 0 radical (unpaired) electrons. The van der Waals surface area contributed by atoms with Gasteiger partial charge in [-0.1, -0.05) is 26.8 Å². The lowest BCUT2D eigenvalue weighted by Gasteiger charge is -2.20. The minimum Gasteiger partial charge on any atom is -0.324 e. The minimum absolute atomic E-state index is 0.223. The van der Waals surface area contributed by atoms with Crippen molar-refractivity contribution in [3.05, 3.63) is 42.2 Å². The van der Waals surface area contributed by atoms with E-state index in [-0.39, 0.29) is 5.41 Å². The van der Waals surface area contributed by atoms with Gasteiger partial charge in [0.05, 0.1) is 0 Å². The molecule has 0 saturated carbocycles. The highest BCUT2D eigenvalue weighted by Crippen LogP contribution is 2.26. The summed E-state index contributed by atoms with van der Waals surface area (Å²) in [7, 11) is 0. The second-order valence-corrected chi connectivity index (χ2v) is 4.47. The van der Waals surface area contributed by atoms with E-state index in [1.807, 2.05) is 0 Å². The zero-order valence-electron chi connectivity index (χ0n) is 8.41. The van der Waals surface area contributed by atoms with E-state index in [2.05, 4.69) is 61.8 Å². The number of hydrogen-bond donors (Lipinski definition) is 0. The Labute approximate surface area is 79.0 Å². The van der Waals surface area contributed by atoms with Crippen molar-refractivity contribution < 1.29 is 0 Å². The third kappa shape index (κ3) is 1.35. The van der Waals surface area contributed by atoms with Crippen molar-refractivity contribution >= 4 is 5.52 Å². The van der Waals surface area contributed by atoms with Crippen molar-refractivity contribution in [2.45, 2.75) is 26.2 Å². The van der Waals surface area contributed by atoms with Crippen molar-refractivity contribution in [2.24, 2.45) is 0 Å². The van der Waals surface area contributed by atoms with Crippen LogP contribution in [0, 0.1) is 0 Å². The van der Waals surface area contributed by atoms with E-state index in [0.717, 1.165) is 0 Å². The summed E-state index contributed by atoms with van der Waals surface area (Å²) in [6.45, 7) is 6.74. The molecule has 13 heavy (non-hydrogen) atoms. The first-order valence-electron chi connectivity index (χ1n) is 4.65. The van der Waals surface area contributed by atoms with Gasteiger partial charge in [0.15, 0.2) is 0 Å². The number of nitrogens with zero attached hydrogens (tertiary/aromatic N) is 1. The fraction of sp³-hybridized carbons (Fsp3) is 0.333. The second kappa shape index (κ2) is 2.63. The van der Waals surface area contributed by atoms with Gasteiger partial charge in [-0.25, -0.2) is 0 Å². The fourth-order valence-corrected chi connectivity index (χ4v) is 1.70. The summed E-state index contributed by atoms with van der Waals surface area (Å²) in [4.78, 5) is 0. The Bertz CT molecular complexity index is 418. The van der Waals surface area contributed by atoms with Crippen LogP contribution in [0.25, 0.3) is 5.52 Å². The molecule has 0 aliphatic heterocycles. The summed E-state index contributed by atoms with van der Waals surface area (Å²) in [6.07, 6.45) is 4.18. The summed E-state index contributed by atoms with van der Waals surface area (Å²) in [5, 5.41) is 0. The van der Waals surface area contributed by atoms with Crippen LogP contribution in [0.1, 0.15) is 26.3 Å². The number of hydrogen-bond acceptors (Lipinski definition) is 0. The zero-order chi connectivity index (χ0) is 9.47. The average Bonchev–Trinajstić information content (AvgIpc) is 2.48. The van der Waals surface area contributed by atoms with Crippen LogP contribution in [0.5, 0.6) is 0 Å². The summed E-state index contributed by atoms with van der Waals surface area (Å²) < 4.78 is 2.17. The molecular weight excluding hydrogens is 158 g/mol. The maximum Gasteiger partial charge on any atom is 0.0487 e. The molecule has 0 atom stereocenters. The SMILES string of the molecule is CC(C)(C)c1cccn2cccc12. The van der Waals surface area contributed by atoms with Gasteiger partial charge in [-0.2, -0.15) is 0 Å². The van der Waals surface area contributed by atoms with E-state index in [4.69, 9.17) is 0 Å². The molecule has 2 aromatic heterocycles. The molecule has 1 heteroatoms. The van der Waals surface area contributed by atoms with Gasteiger partial charge in [0.1, 0.15) is 0 Å². The van der Waals surface area contributed by atoms with Gasteiger partial charge in [-0.3, -0.25) is 0 Å². The standard InChI is InChI=1S/C12H15N/c1-12(2,3)10-6-4-8-13-9-5-7-11(10)13/h4-9H,1-3H3. The maximum atomic E-state index is 2.25. The van der Waals surface area contributed by atoms with Crippen LogP contribution in [0.4, 0.5) is 0 Å². The van der Waals surface area contributed by atoms with Crippen molar-refractivity contribution in [3.63, 3.8) is 0 Å². The first-order chi connectivity index (χ1) is 6.09. The second-order valence-electron chi connectivity index (χ2n) is 4.47. The number of fused-ring (bicyclic) bond motifs is 1. The maximum absolute atomic E-state index is 2.25. The van der Waals surface area contributed by atoms with Gasteiger partial charge in [0, 0.05) is 17.9 Å². The van der Waals surface area contributed by atoms with E-state index in [0.29, 0.717) is 0 Å². The Morgan fingerprint density at radius 1 is 1.00 bits per heavy atom. The van der Waals surface area contributed by atoms with Crippen molar-refractivity contribution in [1.29, 1.82) is 0 Å². The molecule has 2 heterocycles. The van der Waals surface area contributed by atoms with Crippen LogP contribution in [0.2, 0.25) is 0 Å². The lowest BCUT2D eigenvalue weighted by atomic mass is 9.87. The Morgan fingerprint density at radius 3 is 2.23 bits per heavy atom. The van der Waals surface area contributed by atoms with E-state index in [9.17, 15) is 0 Å². The molecule has 0 aliphatic carbocycles. The molecule has 0 unspecified atom stereocenters. The van der Waals surface area contributed by atoms with Crippen molar-refractivity contribution in [3.8, 4) is 0 Å². The quantitative estimate of drug-likeness (QED) is 0.576. The normalized spacial score (nSPS) is 12.2. The van der Waals surface area contributed by atoms with E-state index < -0.39 is 0 Å². The minimum atomic E-state index is 0.223. The molecule has 0 spiro atoms. The first kappa shape index (κ1) is 8.36. The molecular formula is C12H15N. The van der Waals surface area contributed by atoms with Crippen molar-refractivity contribution in [1.82, 2.24) is 4.40 Å². The molecule has 0 bridgehead atoms. The largest absolute Gasteiger partial charge is 0.324 e. The van der Waals surface area contributed by atoms with Gasteiger partial charge < -0.3 is 4.40 Å². The average molecular weight is 173 g/mol. The lowest BCUT2D eigenvalue weighted by Crippen LogP contribution is -2.12. The molecule has 0 saturated heterocycles. The molecule has 68 valence electrons. The van der Waals surface area contributed by atoms with Crippen LogP contribution in [0.15, 0.2) is 36.7 Å². The van der Waals surface area contributed by atoms with Gasteiger partial charge in [0.25, 0.3) is 0 Å². The number of pyridine rings is 1. The predicted octanol–water partition coefficient (Wildman–Crippen LogP) is 3.24. The van der Waals surface area contributed by atoms with Gasteiger partial charge in [-0.05, 0) is 29.2 Å². The number of rotatable bonds is 0. The van der Waals surface area contributed by atoms with E-state index in [1.165, 1.54) is 11.1 Å². The topological polar surface area (TPSA) is 4.41 Å². The molecule has 0 aromatic carbocycles. The van der Waals surface area contributed by atoms with Crippen LogP contribution < -0.4 is 0 Å². The molecule has 2 rings (SSSR count). The van der Waals surface area contributed by atoms with Gasteiger partial charge in [0.2, 0.25) is 0 Å². The monoisotopic (exact) mass is 173 g/mol. The molecule has 0 amide bonds. The Kier molecular flexibility index (Phi) is 1.69. The first-order valence-corrected chi connectivity index (χ1v) is 4.65. The Morgan fingerprint density at radius 2 is 1.62 bits per heavy atom. The molecule has 1 nitrogen and oxygen atoms in total. The molecule has 0 N–H and O–H groups in total.